The number of amides is 1. The van der Waals surface area contributed by atoms with Gasteiger partial charge in [0.25, 0.3) is 5.91 Å². The number of carbonyl (C=O) groups is 1. The van der Waals surface area contributed by atoms with Crippen molar-refractivity contribution in [3.8, 4) is 5.69 Å². The molecule has 0 bridgehead atoms. The zero-order chi connectivity index (χ0) is 18.3. The smallest absolute Gasteiger partial charge is 0.261 e. The van der Waals surface area contributed by atoms with Gasteiger partial charge in [-0.15, -0.1) is 11.3 Å². The van der Waals surface area contributed by atoms with Gasteiger partial charge in [0.1, 0.15) is 4.83 Å². The molecule has 0 atom stereocenters. The maximum Gasteiger partial charge on any atom is 0.261 e. The van der Waals surface area contributed by atoms with Gasteiger partial charge in [0, 0.05) is 16.5 Å². The average molecular weight is 390 g/mol. The molecule has 5 nitrogen and oxygen atoms in total. The van der Waals surface area contributed by atoms with Crippen LogP contribution < -0.4 is 5.32 Å². The number of carbonyl (C=O) groups excluding carboxylic acids is 1. The molecule has 1 fully saturated rings. The van der Waals surface area contributed by atoms with E-state index in [1.165, 1.54) is 11.3 Å². The molecule has 136 valence electrons. The van der Waals surface area contributed by atoms with Gasteiger partial charge in [0.15, 0.2) is 0 Å². The van der Waals surface area contributed by atoms with Gasteiger partial charge < -0.3 is 10.4 Å². The summed E-state index contributed by atoms with van der Waals surface area (Å²) in [5.74, 6) is -0.0466. The van der Waals surface area contributed by atoms with E-state index in [0.29, 0.717) is 9.90 Å². The molecule has 0 unspecified atom stereocenters. The molecule has 0 radical (unpaired) electrons. The number of aromatic nitrogens is 2. The van der Waals surface area contributed by atoms with Gasteiger partial charge in [0.05, 0.1) is 22.4 Å². The van der Waals surface area contributed by atoms with Crippen LogP contribution in [0.5, 0.6) is 0 Å². The molecule has 1 saturated carbocycles. The van der Waals surface area contributed by atoms with E-state index in [1.54, 1.807) is 0 Å². The topological polar surface area (TPSA) is 67.2 Å². The highest BCUT2D eigenvalue weighted by Crippen LogP contribution is 2.31. The molecule has 2 aromatic heterocycles. The van der Waals surface area contributed by atoms with Crippen molar-refractivity contribution >= 4 is 39.1 Å². The number of aliphatic hydroxyl groups excluding tert-OH is 1. The van der Waals surface area contributed by atoms with Gasteiger partial charge in [-0.25, -0.2) is 4.68 Å². The lowest BCUT2D eigenvalue weighted by Crippen LogP contribution is -2.38. The summed E-state index contributed by atoms with van der Waals surface area (Å²) in [5.41, 5.74) is 1.81. The predicted octanol–water partition coefficient (Wildman–Crippen LogP) is 4.08. The largest absolute Gasteiger partial charge is 0.393 e. The van der Waals surface area contributed by atoms with Crippen LogP contribution in [0.25, 0.3) is 15.9 Å². The Morgan fingerprint density at radius 3 is 2.65 bits per heavy atom. The van der Waals surface area contributed by atoms with Crippen molar-refractivity contribution in [3.05, 3.63) is 45.9 Å². The Bertz CT molecular complexity index is 940. The average Bonchev–Trinajstić information content (AvgIpc) is 3.19. The Hall–Kier alpha value is -1.89. The Balaban J connectivity index is 1.60. The SMILES string of the molecule is Cc1nn(-c2ccc(Cl)cc2)c2sc(C(=O)NC3CCC(O)CC3)cc12. The summed E-state index contributed by atoms with van der Waals surface area (Å²) < 4.78 is 1.86. The Kier molecular flexibility index (Phi) is 4.73. The van der Waals surface area contributed by atoms with Gasteiger partial charge in [0.2, 0.25) is 0 Å². The van der Waals surface area contributed by atoms with E-state index in [2.05, 4.69) is 10.4 Å². The highest BCUT2D eigenvalue weighted by molar-refractivity contribution is 7.20. The molecule has 4 rings (SSSR count). The molecule has 0 spiro atoms. The summed E-state index contributed by atoms with van der Waals surface area (Å²) in [5, 5.41) is 19.0. The second-order valence-electron chi connectivity index (χ2n) is 6.78. The van der Waals surface area contributed by atoms with Gasteiger partial charge >= 0.3 is 0 Å². The van der Waals surface area contributed by atoms with Gasteiger partial charge in [-0.2, -0.15) is 5.10 Å². The van der Waals surface area contributed by atoms with Crippen molar-refractivity contribution in [1.82, 2.24) is 15.1 Å². The first-order chi connectivity index (χ1) is 12.5. The van der Waals surface area contributed by atoms with E-state index in [-0.39, 0.29) is 18.1 Å². The minimum absolute atomic E-state index is 0.0466. The number of fused-ring (bicyclic) bond motifs is 1. The lowest BCUT2D eigenvalue weighted by molar-refractivity contribution is 0.0871. The third-order valence-corrected chi connectivity index (χ3v) is 6.23. The summed E-state index contributed by atoms with van der Waals surface area (Å²) in [7, 11) is 0. The molecular formula is C19H20ClN3O2S. The van der Waals surface area contributed by atoms with E-state index in [0.717, 1.165) is 47.3 Å². The van der Waals surface area contributed by atoms with Gasteiger partial charge in [-0.05, 0) is 62.9 Å². The Morgan fingerprint density at radius 1 is 1.27 bits per heavy atom. The number of rotatable bonds is 3. The third kappa shape index (κ3) is 3.37. The van der Waals surface area contributed by atoms with Gasteiger partial charge in [-0.3, -0.25) is 4.79 Å². The van der Waals surface area contributed by atoms with E-state index in [9.17, 15) is 9.90 Å². The molecule has 2 N–H and O–H groups in total. The minimum Gasteiger partial charge on any atom is -0.393 e. The number of thiophene rings is 1. The van der Waals surface area contributed by atoms with Crippen molar-refractivity contribution < 1.29 is 9.90 Å². The van der Waals surface area contributed by atoms with Crippen LogP contribution in [0.3, 0.4) is 0 Å². The molecule has 1 aliphatic rings. The summed E-state index contributed by atoms with van der Waals surface area (Å²) >= 11 is 7.42. The first-order valence-electron chi connectivity index (χ1n) is 8.75. The molecule has 2 heterocycles. The Labute approximate surface area is 160 Å². The number of aliphatic hydroxyl groups is 1. The van der Waals surface area contributed by atoms with Crippen LogP contribution in [0.4, 0.5) is 0 Å². The fraction of sp³-hybridized carbons (Fsp3) is 0.368. The van der Waals surface area contributed by atoms with Crippen LogP contribution in [0, 0.1) is 6.92 Å². The quantitative estimate of drug-likeness (QED) is 0.709. The summed E-state index contributed by atoms with van der Waals surface area (Å²) in [6.07, 6.45) is 2.94. The predicted molar refractivity (Wildman–Crippen MR) is 104 cm³/mol. The monoisotopic (exact) mass is 389 g/mol. The molecule has 1 amide bonds. The number of benzene rings is 1. The van der Waals surface area contributed by atoms with Crippen molar-refractivity contribution in [2.75, 3.05) is 0 Å². The van der Waals surface area contributed by atoms with Crippen molar-refractivity contribution in [1.29, 1.82) is 0 Å². The maximum atomic E-state index is 12.7. The number of nitrogens with zero attached hydrogens (tertiary/aromatic N) is 2. The first-order valence-corrected chi connectivity index (χ1v) is 9.95. The van der Waals surface area contributed by atoms with Gasteiger partial charge in [-0.1, -0.05) is 11.6 Å². The highest BCUT2D eigenvalue weighted by atomic mass is 35.5. The molecule has 0 saturated heterocycles. The first kappa shape index (κ1) is 17.5. The number of halogens is 1. The number of nitrogens with one attached hydrogen (secondary N) is 1. The lowest BCUT2D eigenvalue weighted by Gasteiger charge is -2.25. The van der Waals surface area contributed by atoms with E-state index in [4.69, 9.17) is 11.6 Å². The number of hydrogen-bond acceptors (Lipinski definition) is 4. The molecule has 26 heavy (non-hydrogen) atoms. The van der Waals surface area contributed by atoms with Crippen molar-refractivity contribution in [2.45, 2.75) is 44.8 Å². The van der Waals surface area contributed by atoms with E-state index < -0.39 is 0 Å². The fourth-order valence-corrected chi connectivity index (χ4v) is 4.61. The minimum atomic E-state index is -0.222. The summed E-state index contributed by atoms with van der Waals surface area (Å²) in [6, 6.07) is 9.56. The molecule has 3 aromatic rings. The molecule has 7 heteroatoms. The summed E-state index contributed by atoms with van der Waals surface area (Å²) in [6.45, 7) is 1.95. The third-order valence-electron chi connectivity index (χ3n) is 4.87. The molecular weight excluding hydrogens is 370 g/mol. The molecule has 0 aliphatic heterocycles. The van der Waals surface area contributed by atoms with Crippen molar-refractivity contribution in [3.63, 3.8) is 0 Å². The van der Waals surface area contributed by atoms with Crippen LogP contribution in [0.2, 0.25) is 5.02 Å². The second-order valence-corrected chi connectivity index (χ2v) is 8.25. The maximum absolute atomic E-state index is 12.7. The zero-order valence-electron chi connectivity index (χ0n) is 14.4. The number of aryl methyl sites for hydroxylation is 1. The molecule has 1 aliphatic carbocycles. The summed E-state index contributed by atoms with van der Waals surface area (Å²) in [4.78, 5) is 14.3. The Morgan fingerprint density at radius 2 is 1.96 bits per heavy atom. The van der Waals surface area contributed by atoms with Crippen LogP contribution in [0.1, 0.15) is 41.0 Å². The normalized spacial score (nSPS) is 20.4. The van der Waals surface area contributed by atoms with Crippen molar-refractivity contribution in [2.24, 2.45) is 0 Å². The van der Waals surface area contributed by atoms with E-state index >= 15 is 0 Å². The van der Waals surface area contributed by atoms with E-state index in [1.807, 2.05) is 41.9 Å². The molecule has 1 aromatic carbocycles. The second kappa shape index (κ2) is 7.02. The van der Waals surface area contributed by atoms with Crippen LogP contribution in [0.15, 0.2) is 30.3 Å². The standard InChI is InChI=1S/C19H20ClN3O2S/c1-11-16-10-17(18(25)21-13-4-8-15(24)9-5-13)26-19(16)23(22-11)14-6-2-12(20)3-7-14/h2-3,6-7,10,13,15,24H,4-5,8-9H2,1H3,(H,21,25). The fourth-order valence-electron chi connectivity index (χ4n) is 3.39. The van der Waals surface area contributed by atoms with Crippen LogP contribution >= 0.6 is 22.9 Å². The van der Waals surface area contributed by atoms with Crippen LogP contribution in [-0.2, 0) is 0 Å². The highest BCUT2D eigenvalue weighted by Gasteiger charge is 2.23. The number of hydrogen-bond donors (Lipinski definition) is 2. The van der Waals surface area contributed by atoms with Crippen LogP contribution in [-0.4, -0.2) is 32.9 Å². The lowest BCUT2D eigenvalue weighted by atomic mass is 9.93. The zero-order valence-corrected chi connectivity index (χ0v) is 16.0.